The monoisotopic (exact) mass is 457 g/mol. The number of fused-ring (bicyclic) bond motifs is 1. The van der Waals surface area contributed by atoms with E-state index in [-0.39, 0.29) is 12.5 Å². The summed E-state index contributed by atoms with van der Waals surface area (Å²) >= 11 is 0. The quantitative estimate of drug-likeness (QED) is 0.327. The van der Waals surface area contributed by atoms with Crippen molar-refractivity contribution in [2.24, 2.45) is 0 Å². The summed E-state index contributed by atoms with van der Waals surface area (Å²) in [4.78, 5) is 17.1. The Hall–Kier alpha value is -3.80. The molecule has 3 aromatic carbocycles. The normalized spacial score (nSPS) is 10.9. The molecule has 34 heavy (non-hydrogen) atoms. The van der Waals surface area contributed by atoms with Crippen molar-refractivity contribution in [2.75, 3.05) is 19.8 Å². The highest BCUT2D eigenvalue weighted by molar-refractivity contribution is 5.78. The number of hydrogen-bond donors (Lipinski definition) is 1. The first kappa shape index (κ1) is 23.4. The minimum Gasteiger partial charge on any atom is -0.494 e. The largest absolute Gasteiger partial charge is 0.494 e. The molecule has 1 N–H and O–H groups in total. The third-order valence-corrected chi connectivity index (χ3v) is 5.64. The van der Waals surface area contributed by atoms with Crippen molar-refractivity contribution in [3.8, 4) is 11.5 Å². The highest BCUT2D eigenvalue weighted by Crippen LogP contribution is 2.19. The number of imidazole rings is 1. The van der Waals surface area contributed by atoms with Gasteiger partial charge in [-0.05, 0) is 61.7 Å². The molecule has 0 aliphatic rings. The third-order valence-electron chi connectivity index (χ3n) is 5.64. The number of hydrogen-bond acceptors (Lipinski definition) is 4. The number of aryl methyl sites for hydroxylation is 3. The van der Waals surface area contributed by atoms with Gasteiger partial charge >= 0.3 is 0 Å². The van der Waals surface area contributed by atoms with Gasteiger partial charge in [-0.2, -0.15) is 0 Å². The van der Waals surface area contributed by atoms with Crippen LogP contribution in [0.15, 0.2) is 72.8 Å². The number of nitrogens with one attached hydrogen (secondary N) is 1. The molecular formula is C28H31N3O3. The molecule has 4 rings (SSSR count). The van der Waals surface area contributed by atoms with Gasteiger partial charge in [-0.1, -0.05) is 42.5 Å². The Kier molecular flexibility index (Phi) is 7.81. The van der Waals surface area contributed by atoms with Crippen LogP contribution in [0.3, 0.4) is 0 Å². The molecule has 0 fully saturated rings. The van der Waals surface area contributed by atoms with E-state index in [1.807, 2.05) is 80.6 Å². The second-order valence-electron chi connectivity index (χ2n) is 8.34. The fraction of sp³-hybridized carbons (Fsp3) is 0.286. The fourth-order valence-corrected chi connectivity index (χ4v) is 3.87. The molecule has 0 aliphatic heterocycles. The van der Waals surface area contributed by atoms with Crippen molar-refractivity contribution in [3.05, 3.63) is 89.7 Å². The average Bonchev–Trinajstić information content (AvgIpc) is 3.20. The smallest absolute Gasteiger partial charge is 0.257 e. The van der Waals surface area contributed by atoms with Crippen molar-refractivity contribution in [2.45, 2.75) is 33.2 Å². The van der Waals surface area contributed by atoms with Crippen LogP contribution < -0.4 is 14.8 Å². The van der Waals surface area contributed by atoms with Gasteiger partial charge in [0.25, 0.3) is 5.91 Å². The molecule has 1 aromatic heterocycles. The summed E-state index contributed by atoms with van der Waals surface area (Å²) in [6.07, 6.45) is 1.50. The van der Waals surface area contributed by atoms with Gasteiger partial charge in [0, 0.05) is 19.5 Å². The zero-order valence-corrected chi connectivity index (χ0v) is 19.8. The van der Waals surface area contributed by atoms with E-state index in [4.69, 9.17) is 14.5 Å². The second-order valence-corrected chi connectivity index (χ2v) is 8.34. The molecule has 4 aromatic rings. The Balaban J connectivity index is 1.30. The third kappa shape index (κ3) is 6.16. The summed E-state index contributed by atoms with van der Waals surface area (Å²) in [7, 11) is 0. The van der Waals surface area contributed by atoms with Crippen LogP contribution in [0.5, 0.6) is 11.5 Å². The summed E-state index contributed by atoms with van der Waals surface area (Å²) in [5, 5.41) is 2.95. The maximum absolute atomic E-state index is 12.3. The van der Waals surface area contributed by atoms with E-state index in [1.165, 1.54) is 0 Å². The van der Waals surface area contributed by atoms with Gasteiger partial charge in [-0.3, -0.25) is 4.79 Å². The molecule has 1 amide bonds. The molecule has 0 spiro atoms. The number of ether oxygens (including phenoxy) is 2. The van der Waals surface area contributed by atoms with E-state index in [1.54, 1.807) is 0 Å². The first-order chi connectivity index (χ1) is 16.6. The molecule has 0 radical (unpaired) electrons. The summed E-state index contributed by atoms with van der Waals surface area (Å²) in [6, 6.07) is 23.9. The van der Waals surface area contributed by atoms with E-state index in [9.17, 15) is 4.79 Å². The van der Waals surface area contributed by atoms with Crippen LogP contribution in [0.4, 0.5) is 0 Å². The first-order valence-corrected chi connectivity index (χ1v) is 11.7. The first-order valence-electron chi connectivity index (χ1n) is 11.7. The molecule has 0 saturated carbocycles. The standard InChI is InChI=1S/C28H31N3O3/c1-21-13-14-22(2)26(19-21)34-20-28(32)29-16-15-27-30-24-11-6-7-12-25(24)31(27)17-8-18-33-23-9-4-3-5-10-23/h3-7,9-14,19H,8,15-18,20H2,1-2H3,(H,29,32). The van der Waals surface area contributed by atoms with Gasteiger partial charge in [0.15, 0.2) is 6.61 Å². The highest BCUT2D eigenvalue weighted by atomic mass is 16.5. The second kappa shape index (κ2) is 11.4. The molecule has 0 atom stereocenters. The Morgan fingerprint density at radius 2 is 1.76 bits per heavy atom. The molecule has 0 unspecified atom stereocenters. The zero-order valence-electron chi connectivity index (χ0n) is 19.8. The van der Waals surface area contributed by atoms with Crippen molar-refractivity contribution in [1.82, 2.24) is 14.9 Å². The van der Waals surface area contributed by atoms with Gasteiger partial charge in [0.05, 0.1) is 17.6 Å². The van der Waals surface area contributed by atoms with E-state index in [0.29, 0.717) is 19.6 Å². The van der Waals surface area contributed by atoms with Gasteiger partial charge in [-0.25, -0.2) is 4.98 Å². The Labute approximate surface area is 200 Å². The van der Waals surface area contributed by atoms with Gasteiger partial charge in [0.2, 0.25) is 0 Å². The van der Waals surface area contributed by atoms with Crippen molar-refractivity contribution in [3.63, 3.8) is 0 Å². The summed E-state index contributed by atoms with van der Waals surface area (Å²) in [5.74, 6) is 2.44. The lowest BCUT2D eigenvalue weighted by Crippen LogP contribution is -2.31. The van der Waals surface area contributed by atoms with Crippen LogP contribution in [0.25, 0.3) is 11.0 Å². The number of aromatic nitrogens is 2. The van der Waals surface area contributed by atoms with Crippen molar-refractivity contribution < 1.29 is 14.3 Å². The van der Waals surface area contributed by atoms with Crippen molar-refractivity contribution in [1.29, 1.82) is 0 Å². The van der Waals surface area contributed by atoms with Crippen LogP contribution in [0, 0.1) is 13.8 Å². The number of rotatable bonds is 11. The number of para-hydroxylation sites is 3. The van der Waals surface area contributed by atoms with E-state index in [2.05, 4.69) is 16.0 Å². The zero-order chi connectivity index (χ0) is 23.8. The van der Waals surface area contributed by atoms with Gasteiger partial charge in [-0.15, -0.1) is 0 Å². The van der Waals surface area contributed by atoms with Gasteiger partial charge in [0.1, 0.15) is 17.3 Å². The summed E-state index contributed by atoms with van der Waals surface area (Å²) in [6.45, 7) is 5.90. The van der Waals surface area contributed by atoms with Crippen LogP contribution in [0.1, 0.15) is 23.4 Å². The van der Waals surface area contributed by atoms with E-state index < -0.39 is 0 Å². The molecule has 176 valence electrons. The molecule has 0 saturated heterocycles. The highest BCUT2D eigenvalue weighted by Gasteiger charge is 2.11. The fourth-order valence-electron chi connectivity index (χ4n) is 3.87. The molecular weight excluding hydrogens is 426 g/mol. The van der Waals surface area contributed by atoms with Crippen molar-refractivity contribution >= 4 is 16.9 Å². The minimum absolute atomic E-state index is 0.00245. The predicted molar refractivity (Wildman–Crippen MR) is 134 cm³/mol. The Morgan fingerprint density at radius 1 is 0.971 bits per heavy atom. The number of amides is 1. The van der Waals surface area contributed by atoms with E-state index >= 15 is 0 Å². The molecule has 1 heterocycles. The maximum atomic E-state index is 12.3. The number of benzene rings is 3. The number of carbonyl (C=O) groups excluding carboxylic acids is 1. The van der Waals surface area contributed by atoms with E-state index in [0.717, 1.165) is 52.4 Å². The Bertz CT molecular complexity index is 1230. The van der Waals surface area contributed by atoms with Crippen LogP contribution in [-0.2, 0) is 17.8 Å². The lowest BCUT2D eigenvalue weighted by molar-refractivity contribution is -0.123. The SMILES string of the molecule is Cc1ccc(C)c(OCC(=O)NCCc2nc3ccccc3n2CCCOc2ccccc2)c1. The lowest BCUT2D eigenvalue weighted by Gasteiger charge is -2.12. The number of nitrogens with zero attached hydrogens (tertiary/aromatic N) is 2. The summed E-state index contributed by atoms with van der Waals surface area (Å²) in [5.41, 5.74) is 4.19. The Morgan fingerprint density at radius 3 is 2.62 bits per heavy atom. The minimum atomic E-state index is -0.139. The molecule has 6 nitrogen and oxygen atoms in total. The number of carbonyl (C=O) groups is 1. The summed E-state index contributed by atoms with van der Waals surface area (Å²) < 4.78 is 13.8. The van der Waals surface area contributed by atoms with Crippen LogP contribution in [0.2, 0.25) is 0 Å². The topological polar surface area (TPSA) is 65.4 Å². The van der Waals surface area contributed by atoms with Crippen LogP contribution in [-0.4, -0.2) is 35.2 Å². The molecule has 0 aliphatic carbocycles. The molecule has 6 heteroatoms. The average molecular weight is 458 g/mol. The molecule has 0 bridgehead atoms. The maximum Gasteiger partial charge on any atom is 0.257 e. The predicted octanol–water partition coefficient (Wildman–Crippen LogP) is 4.86. The van der Waals surface area contributed by atoms with Gasteiger partial charge < -0.3 is 19.4 Å². The van der Waals surface area contributed by atoms with Crippen LogP contribution >= 0.6 is 0 Å². The lowest BCUT2D eigenvalue weighted by atomic mass is 10.1.